The van der Waals surface area contributed by atoms with E-state index >= 15 is 0 Å². The molecule has 1 amide bonds. The largest absolute Gasteiger partial charge is 0.496 e. The molecule has 0 heterocycles. The molecule has 0 saturated carbocycles. The van der Waals surface area contributed by atoms with Crippen LogP contribution >= 0.6 is 11.6 Å². The first kappa shape index (κ1) is 18.3. The zero-order chi connectivity index (χ0) is 17.7. The van der Waals surface area contributed by atoms with Gasteiger partial charge in [0, 0.05) is 22.8 Å². The first-order valence-corrected chi connectivity index (χ1v) is 8.14. The molecule has 2 aromatic carbocycles. The lowest BCUT2D eigenvalue weighted by atomic mass is 10.1. The number of nitrogens with one attached hydrogen (secondary N) is 1. The van der Waals surface area contributed by atoms with Crippen molar-refractivity contribution in [2.24, 2.45) is 0 Å². The Labute approximate surface area is 148 Å². The van der Waals surface area contributed by atoms with Gasteiger partial charge in [0.2, 0.25) is 5.91 Å². The number of halogens is 1. The topological polar surface area (TPSA) is 41.6 Å². The fourth-order valence-electron chi connectivity index (χ4n) is 2.71. The summed E-state index contributed by atoms with van der Waals surface area (Å²) < 4.78 is 5.34. The van der Waals surface area contributed by atoms with Crippen molar-refractivity contribution in [1.29, 1.82) is 0 Å². The van der Waals surface area contributed by atoms with Gasteiger partial charge in [0.15, 0.2) is 0 Å². The highest BCUT2D eigenvalue weighted by molar-refractivity contribution is 6.30. The quantitative estimate of drug-likeness (QED) is 0.858. The highest BCUT2D eigenvalue weighted by atomic mass is 35.5. The van der Waals surface area contributed by atoms with Crippen molar-refractivity contribution in [1.82, 2.24) is 4.90 Å². The average Bonchev–Trinajstić information content (AvgIpc) is 2.45. The first-order valence-electron chi connectivity index (χ1n) is 7.76. The summed E-state index contributed by atoms with van der Waals surface area (Å²) in [5.41, 5.74) is 4.03. The second-order valence-electron chi connectivity index (χ2n) is 6.05. The normalized spacial score (nSPS) is 10.8. The van der Waals surface area contributed by atoms with E-state index in [-0.39, 0.29) is 12.5 Å². The lowest BCUT2D eigenvalue weighted by molar-refractivity contribution is -0.117. The number of carbonyl (C=O) groups is 1. The van der Waals surface area contributed by atoms with E-state index in [1.54, 1.807) is 13.2 Å². The van der Waals surface area contributed by atoms with Crippen molar-refractivity contribution in [3.8, 4) is 5.75 Å². The van der Waals surface area contributed by atoms with Gasteiger partial charge in [-0.3, -0.25) is 9.69 Å². The van der Waals surface area contributed by atoms with Crippen LogP contribution in [0, 0.1) is 13.8 Å². The molecule has 0 spiro atoms. The number of ether oxygens (including phenoxy) is 1. The molecule has 0 aliphatic carbocycles. The number of benzene rings is 2. The Bertz CT molecular complexity index is 711. The van der Waals surface area contributed by atoms with E-state index in [1.807, 2.05) is 50.1 Å². The molecule has 1 N–H and O–H groups in total. The molecular weight excluding hydrogens is 324 g/mol. The Morgan fingerprint density at radius 2 is 1.83 bits per heavy atom. The summed E-state index contributed by atoms with van der Waals surface area (Å²) in [6.07, 6.45) is 0. The van der Waals surface area contributed by atoms with E-state index < -0.39 is 0 Å². The Balaban J connectivity index is 1.98. The summed E-state index contributed by atoms with van der Waals surface area (Å²) in [6.45, 7) is 4.88. The van der Waals surface area contributed by atoms with Gasteiger partial charge in [0.05, 0.1) is 13.7 Å². The Morgan fingerprint density at radius 3 is 2.46 bits per heavy atom. The van der Waals surface area contributed by atoms with E-state index in [9.17, 15) is 4.79 Å². The van der Waals surface area contributed by atoms with Gasteiger partial charge in [-0.05, 0) is 62.4 Å². The zero-order valence-corrected chi connectivity index (χ0v) is 15.3. The average molecular weight is 347 g/mol. The lowest BCUT2D eigenvalue weighted by Crippen LogP contribution is -2.30. The Kier molecular flexibility index (Phi) is 6.23. The number of carbonyl (C=O) groups excluding carboxylic acids is 1. The molecule has 5 heteroatoms. The van der Waals surface area contributed by atoms with Crippen LogP contribution in [-0.4, -0.2) is 31.5 Å². The fourth-order valence-corrected chi connectivity index (χ4v) is 2.90. The minimum absolute atomic E-state index is 0.0523. The van der Waals surface area contributed by atoms with E-state index in [0.29, 0.717) is 11.6 Å². The lowest BCUT2D eigenvalue weighted by Gasteiger charge is -2.18. The zero-order valence-electron chi connectivity index (χ0n) is 14.5. The van der Waals surface area contributed by atoms with Gasteiger partial charge in [-0.15, -0.1) is 0 Å². The molecule has 0 fully saturated rings. The number of rotatable bonds is 6. The number of methoxy groups -OCH3 is 1. The highest BCUT2D eigenvalue weighted by Crippen LogP contribution is 2.23. The van der Waals surface area contributed by atoms with Gasteiger partial charge in [-0.1, -0.05) is 17.7 Å². The molecule has 4 nitrogen and oxygen atoms in total. The Hall–Kier alpha value is -2.04. The molecule has 24 heavy (non-hydrogen) atoms. The molecule has 0 bridgehead atoms. The van der Waals surface area contributed by atoms with Gasteiger partial charge in [0.25, 0.3) is 0 Å². The summed E-state index contributed by atoms with van der Waals surface area (Å²) in [6, 6.07) is 11.5. The summed E-state index contributed by atoms with van der Waals surface area (Å²) in [5.74, 6) is 0.712. The molecule has 0 saturated heterocycles. The predicted molar refractivity (Wildman–Crippen MR) is 98.9 cm³/mol. The number of anilines is 1. The van der Waals surface area contributed by atoms with Gasteiger partial charge in [0.1, 0.15) is 5.75 Å². The van der Waals surface area contributed by atoms with Crippen LogP contribution in [0.3, 0.4) is 0 Å². The van der Waals surface area contributed by atoms with Crippen molar-refractivity contribution in [3.05, 3.63) is 58.1 Å². The van der Waals surface area contributed by atoms with Crippen LogP contribution < -0.4 is 10.1 Å². The minimum Gasteiger partial charge on any atom is -0.496 e. The third-order valence-corrected chi connectivity index (χ3v) is 3.84. The van der Waals surface area contributed by atoms with Crippen LogP contribution in [0.25, 0.3) is 0 Å². The second kappa shape index (κ2) is 8.18. The van der Waals surface area contributed by atoms with Crippen LogP contribution in [0.15, 0.2) is 36.4 Å². The van der Waals surface area contributed by atoms with Crippen LogP contribution in [0.1, 0.15) is 16.7 Å². The second-order valence-corrected chi connectivity index (χ2v) is 6.49. The van der Waals surface area contributed by atoms with E-state index in [0.717, 1.165) is 28.1 Å². The molecule has 2 aromatic rings. The summed E-state index contributed by atoms with van der Waals surface area (Å²) >= 11 is 6.05. The van der Waals surface area contributed by atoms with Crippen molar-refractivity contribution in [3.63, 3.8) is 0 Å². The SMILES string of the molecule is COc1ccc(Cl)cc1CN(C)CC(=O)Nc1cc(C)cc(C)c1. The molecule has 0 radical (unpaired) electrons. The molecule has 128 valence electrons. The van der Waals surface area contributed by atoms with Gasteiger partial charge in [-0.25, -0.2) is 0 Å². The number of nitrogens with zero attached hydrogens (tertiary/aromatic N) is 1. The molecule has 0 aliphatic rings. The summed E-state index contributed by atoms with van der Waals surface area (Å²) in [4.78, 5) is 14.2. The molecule has 2 rings (SSSR count). The third-order valence-electron chi connectivity index (χ3n) is 3.60. The van der Waals surface area contributed by atoms with Gasteiger partial charge >= 0.3 is 0 Å². The predicted octanol–water partition coefficient (Wildman–Crippen LogP) is 4.04. The van der Waals surface area contributed by atoms with Crippen LogP contribution in [-0.2, 0) is 11.3 Å². The van der Waals surface area contributed by atoms with Crippen molar-refractivity contribution in [2.45, 2.75) is 20.4 Å². The Morgan fingerprint density at radius 1 is 1.17 bits per heavy atom. The van der Waals surface area contributed by atoms with E-state index in [1.165, 1.54) is 0 Å². The third kappa shape index (κ3) is 5.25. The standard InChI is InChI=1S/C19H23ClN2O2/c1-13-7-14(2)9-17(8-13)21-19(23)12-22(3)11-15-10-16(20)5-6-18(15)24-4/h5-10H,11-12H2,1-4H3,(H,21,23). The highest BCUT2D eigenvalue weighted by Gasteiger charge is 2.11. The number of hydrogen-bond acceptors (Lipinski definition) is 3. The van der Waals surface area contributed by atoms with Crippen molar-refractivity contribution < 1.29 is 9.53 Å². The molecule has 0 unspecified atom stereocenters. The smallest absolute Gasteiger partial charge is 0.238 e. The summed E-state index contributed by atoms with van der Waals surface area (Å²) in [7, 11) is 3.51. The fraction of sp³-hybridized carbons (Fsp3) is 0.316. The molecule has 0 atom stereocenters. The van der Waals surface area contributed by atoms with Crippen LogP contribution in [0.5, 0.6) is 5.75 Å². The maximum absolute atomic E-state index is 12.2. The maximum atomic E-state index is 12.2. The molecule has 0 aromatic heterocycles. The number of amides is 1. The first-order chi connectivity index (χ1) is 11.4. The number of likely N-dealkylation sites (N-methyl/N-ethyl adjacent to an activating group) is 1. The molecular formula is C19H23ClN2O2. The van der Waals surface area contributed by atoms with E-state index in [4.69, 9.17) is 16.3 Å². The van der Waals surface area contributed by atoms with E-state index in [2.05, 4.69) is 11.4 Å². The number of hydrogen-bond donors (Lipinski definition) is 1. The van der Waals surface area contributed by atoms with Gasteiger partial charge in [-0.2, -0.15) is 0 Å². The van der Waals surface area contributed by atoms with Gasteiger partial charge < -0.3 is 10.1 Å². The summed E-state index contributed by atoms with van der Waals surface area (Å²) in [5, 5.41) is 3.59. The van der Waals surface area contributed by atoms with Crippen molar-refractivity contribution >= 4 is 23.2 Å². The maximum Gasteiger partial charge on any atom is 0.238 e. The minimum atomic E-state index is -0.0523. The van der Waals surface area contributed by atoms with Crippen LogP contribution in [0.4, 0.5) is 5.69 Å². The number of aryl methyl sites for hydroxylation is 2. The van der Waals surface area contributed by atoms with Crippen LogP contribution in [0.2, 0.25) is 5.02 Å². The van der Waals surface area contributed by atoms with Crippen molar-refractivity contribution in [2.75, 3.05) is 26.0 Å². The molecule has 0 aliphatic heterocycles. The monoisotopic (exact) mass is 346 g/mol.